The Balaban J connectivity index is 0.00000341. The maximum atomic E-state index is 14.4. The smallest absolute Gasteiger partial charge is 0.191 e. The monoisotopic (exact) mass is 556 g/mol. The van der Waals surface area contributed by atoms with Crippen LogP contribution >= 0.6 is 35.3 Å². The van der Waals surface area contributed by atoms with Crippen LogP contribution in [0.15, 0.2) is 64.5 Å². The number of aliphatic imine (C=N–C) groups is 1. The summed E-state index contributed by atoms with van der Waals surface area (Å²) in [5.74, 6) is 0.681. The summed E-state index contributed by atoms with van der Waals surface area (Å²) < 4.78 is 19.9. The van der Waals surface area contributed by atoms with Crippen LogP contribution in [0.2, 0.25) is 0 Å². The summed E-state index contributed by atoms with van der Waals surface area (Å²) >= 11 is 1.54. The minimum Gasteiger partial charge on any atom is -0.453 e. The molecule has 2 aromatic heterocycles. The van der Waals surface area contributed by atoms with Gasteiger partial charge in [0.2, 0.25) is 0 Å². The molecule has 0 fully saturated rings. The molecule has 0 saturated heterocycles. The zero-order valence-electron chi connectivity index (χ0n) is 17.3. The second-order valence-corrected chi connectivity index (χ2v) is 7.67. The molecule has 0 aliphatic carbocycles. The Bertz CT molecular complexity index is 969. The Morgan fingerprint density at radius 1 is 1.29 bits per heavy atom. The minimum absolute atomic E-state index is 0. The van der Waals surface area contributed by atoms with E-state index in [1.165, 1.54) is 23.6 Å². The highest BCUT2D eigenvalue weighted by atomic mass is 127. The van der Waals surface area contributed by atoms with Crippen molar-refractivity contribution >= 4 is 41.3 Å². The summed E-state index contributed by atoms with van der Waals surface area (Å²) in [7, 11) is 0. The highest BCUT2D eigenvalue weighted by molar-refractivity contribution is 14.0. The van der Waals surface area contributed by atoms with E-state index in [4.69, 9.17) is 4.74 Å². The van der Waals surface area contributed by atoms with Crippen molar-refractivity contribution in [2.45, 2.75) is 26.0 Å². The van der Waals surface area contributed by atoms with Gasteiger partial charge in [0.05, 0.1) is 19.3 Å². The first-order valence-corrected chi connectivity index (χ1v) is 10.6. The Morgan fingerprint density at radius 3 is 2.77 bits per heavy atom. The summed E-state index contributed by atoms with van der Waals surface area (Å²) in [6, 6.07) is 10.1. The highest BCUT2D eigenvalue weighted by Gasteiger charge is 2.23. The number of nitrogens with zero attached hydrogens (tertiary/aromatic N) is 2. The molecule has 3 aromatic rings. The molecule has 1 unspecified atom stereocenters. The van der Waals surface area contributed by atoms with Gasteiger partial charge in [-0.2, -0.15) is 11.3 Å². The first-order valence-electron chi connectivity index (χ1n) is 9.61. The molecule has 0 bridgehead atoms. The van der Waals surface area contributed by atoms with Gasteiger partial charge in [-0.25, -0.2) is 9.38 Å². The quantitative estimate of drug-likeness (QED) is 0.214. The fraction of sp³-hybridized carbons (Fsp3) is 0.273. The van der Waals surface area contributed by atoms with Crippen molar-refractivity contribution in [2.75, 3.05) is 13.1 Å². The van der Waals surface area contributed by atoms with Gasteiger partial charge in [0.25, 0.3) is 0 Å². The predicted octanol–water partition coefficient (Wildman–Crippen LogP) is 4.66. The number of hydrogen-bond donors (Lipinski definition) is 3. The van der Waals surface area contributed by atoms with Gasteiger partial charge in [-0.3, -0.25) is 4.98 Å². The normalized spacial score (nSPS) is 13.1. The van der Waals surface area contributed by atoms with E-state index in [2.05, 4.69) is 20.6 Å². The van der Waals surface area contributed by atoms with Gasteiger partial charge in [0.15, 0.2) is 17.5 Å². The first-order chi connectivity index (χ1) is 14.5. The molecule has 9 heteroatoms. The van der Waals surface area contributed by atoms with Gasteiger partial charge < -0.3 is 20.5 Å². The third kappa shape index (κ3) is 7.44. The van der Waals surface area contributed by atoms with Crippen LogP contribution in [0.3, 0.4) is 0 Å². The molecule has 1 atom stereocenters. The number of thiophene rings is 1. The van der Waals surface area contributed by atoms with E-state index in [0.717, 1.165) is 5.56 Å². The molecule has 31 heavy (non-hydrogen) atoms. The van der Waals surface area contributed by atoms with Crippen LogP contribution in [-0.2, 0) is 12.1 Å². The molecule has 3 N–H and O–H groups in total. The fourth-order valence-corrected chi connectivity index (χ4v) is 3.48. The van der Waals surface area contributed by atoms with Crippen LogP contribution in [-0.4, -0.2) is 29.1 Å². The van der Waals surface area contributed by atoms with Gasteiger partial charge in [-0.05, 0) is 66.1 Å². The SMILES string of the molecule is CCNC(=NCc1ccc(Oc2cccnc2)c(F)c1)NCC(C)(O)c1ccsc1.I. The average molecular weight is 556 g/mol. The second-order valence-electron chi connectivity index (χ2n) is 6.89. The van der Waals surface area contributed by atoms with Crippen molar-refractivity contribution < 1.29 is 14.2 Å². The molecule has 3 rings (SSSR count). The lowest BCUT2D eigenvalue weighted by atomic mass is 9.99. The summed E-state index contributed by atoms with van der Waals surface area (Å²) in [4.78, 5) is 8.44. The van der Waals surface area contributed by atoms with E-state index < -0.39 is 11.4 Å². The molecule has 2 heterocycles. The van der Waals surface area contributed by atoms with E-state index in [1.54, 1.807) is 37.4 Å². The third-order valence-electron chi connectivity index (χ3n) is 4.37. The van der Waals surface area contributed by atoms with Crippen LogP contribution in [0.4, 0.5) is 4.39 Å². The van der Waals surface area contributed by atoms with Gasteiger partial charge in [-0.15, -0.1) is 24.0 Å². The number of hydrogen-bond acceptors (Lipinski definition) is 5. The lowest BCUT2D eigenvalue weighted by Gasteiger charge is -2.24. The zero-order chi connectivity index (χ0) is 21.4. The van der Waals surface area contributed by atoms with E-state index in [9.17, 15) is 9.50 Å². The lowest BCUT2D eigenvalue weighted by Crippen LogP contribution is -2.44. The summed E-state index contributed by atoms with van der Waals surface area (Å²) in [5, 5.41) is 20.8. The molecule has 0 spiro atoms. The van der Waals surface area contributed by atoms with E-state index >= 15 is 0 Å². The van der Waals surface area contributed by atoms with Gasteiger partial charge in [0, 0.05) is 12.7 Å². The average Bonchev–Trinajstić information content (AvgIpc) is 3.29. The molecule has 166 valence electrons. The van der Waals surface area contributed by atoms with Crippen molar-refractivity contribution in [1.29, 1.82) is 0 Å². The molecule has 0 aliphatic rings. The molecule has 0 amide bonds. The molecular weight excluding hydrogens is 530 g/mol. The summed E-state index contributed by atoms with van der Waals surface area (Å²) in [5.41, 5.74) is 0.531. The standard InChI is InChI=1S/C22H25FN4O2S.HI/c1-3-25-21(27-15-22(2,28)17-8-10-30-14-17)26-12-16-6-7-20(19(23)11-16)29-18-5-4-9-24-13-18;/h4-11,13-14,28H,3,12,15H2,1-2H3,(H2,25,26,27);1H. The first kappa shape index (κ1) is 25.0. The van der Waals surface area contributed by atoms with E-state index in [-0.39, 0.29) is 36.3 Å². The molecule has 1 aromatic carbocycles. The van der Waals surface area contributed by atoms with Crippen LogP contribution in [0.5, 0.6) is 11.5 Å². The molecule has 0 radical (unpaired) electrons. The maximum absolute atomic E-state index is 14.4. The number of aromatic nitrogens is 1. The summed E-state index contributed by atoms with van der Waals surface area (Å²) in [6.07, 6.45) is 3.15. The summed E-state index contributed by atoms with van der Waals surface area (Å²) in [6.45, 7) is 4.95. The number of benzene rings is 1. The van der Waals surface area contributed by atoms with Crippen LogP contribution in [0.1, 0.15) is 25.0 Å². The molecule has 0 saturated carbocycles. The van der Waals surface area contributed by atoms with Gasteiger partial charge in [0.1, 0.15) is 11.4 Å². The number of ether oxygens (including phenoxy) is 1. The minimum atomic E-state index is -1.02. The highest BCUT2D eigenvalue weighted by Crippen LogP contribution is 2.25. The topological polar surface area (TPSA) is 78.8 Å². The molecule has 0 aliphatic heterocycles. The van der Waals surface area contributed by atoms with E-state index in [1.807, 2.05) is 23.8 Å². The van der Waals surface area contributed by atoms with Gasteiger partial charge in [-0.1, -0.05) is 6.07 Å². The number of pyridine rings is 1. The second kappa shape index (κ2) is 12.0. The van der Waals surface area contributed by atoms with Crippen LogP contribution in [0, 0.1) is 5.82 Å². The Morgan fingerprint density at radius 2 is 2.13 bits per heavy atom. The van der Waals surface area contributed by atoms with Crippen molar-refractivity contribution in [3.05, 3.63) is 76.5 Å². The molecule has 6 nitrogen and oxygen atoms in total. The number of halogens is 2. The number of rotatable bonds is 8. The Labute approximate surface area is 202 Å². The fourth-order valence-electron chi connectivity index (χ4n) is 2.70. The van der Waals surface area contributed by atoms with Crippen molar-refractivity contribution in [2.24, 2.45) is 4.99 Å². The Kier molecular flexibility index (Phi) is 9.66. The number of aliphatic hydroxyl groups is 1. The largest absolute Gasteiger partial charge is 0.453 e. The van der Waals surface area contributed by atoms with E-state index in [0.29, 0.717) is 30.4 Å². The molecular formula is C22H26FIN4O2S. The predicted molar refractivity (Wildman–Crippen MR) is 133 cm³/mol. The number of nitrogens with one attached hydrogen (secondary N) is 2. The Hall–Kier alpha value is -2.24. The van der Waals surface area contributed by atoms with Crippen molar-refractivity contribution in [3.8, 4) is 11.5 Å². The maximum Gasteiger partial charge on any atom is 0.191 e. The van der Waals surface area contributed by atoms with Crippen molar-refractivity contribution in [1.82, 2.24) is 15.6 Å². The van der Waals surface area contributed by atoms with Gasteiger partial charge >= 0.3 is 0 Å². The third-order valence-corrected chi connectivity index (χ3v) is 5.05. The van der Waals surface area contributed by atoms with Crippen LogP contribution in [0.25, 0.3) is 0 Å². The number of guanidine groups is 1. The van der Waals surface area contributed by atoms with Crippen LogP contribution < -0.4 is 15.4 Å². The zero-order valence-corrected chi connectivity index (χ0v) is 20.5. The van der Waals surface area contributed by atoms with Crippen molar-refractivity contribution in [3.63, 3.8) is 0 Å². The lowest BCUT2D eigenvalue weighted by molar-refractivity contribution is 0.0621.